The molecule has 24 heavy (non-hydrogen) atoms. The Morgan fingerprint density at radius 3 is 2.50 bits per heavy atom. The average Bonchev–Trinajstić information content (AvgIpc) is 3.09. The van der Waals surface area contributed by atoms with E-state index in [0.29, 0.717) is 17.0 Å². The third-order valence-corrected chi connectivity index (χ3v) is 6.82. The normalized spacial score (nSPS) is 12.6. The maximum atomic E-state index is 13.0. The fraction of sp³-hybridized carbons (Fsp3) is 0.353. The molecule has 5 nitrogen and oxygen atoms in total. The second-order valence-corrected chi connectivity index (χ2v) is 8.39. The van der Waals surface area contributed by atoms with Gasteiger partial charge in [0, 0.05) is 17.8 Å². The zero-order valence-electron chi connectivity index (χ0n) is 13.7. The zero-order chi connectivity index (χ0) is 17.6. The van der Waals surface area contributed by atoms with Crippen molar-refractivity contribution in [3.63, 3.8) is 0 Å². The molecule has 1 amide bonds. The van der Waals surface area contributed by atoms with Crippen molar-refractivity contribution in [2.75, 3.05) is 13.7 Å². The first-order chi connectivity index (χ1) is 11.5. The van der Waals surface area contributed by atoms with Crippen LogP contribution in [0.4, 0.5) is 0 Å². The molecule has 1 aromatic heterocycles. The largest absolute Gasteiger partial charge is 0.497 e. The summed E-state index contributed by atoms with van der Waals surface area (Å²) in [7, 11) is -2.09. The van der Waals surface area contributed by atoms with Crippen molar-refractivity contribution >= 4 is 27.1 Å². The lowest BCUT2D eigenvalue weighted by Crippen LogP contribution is -2.31. The highest BCUT2D eigenvalue weighted by molar-refractivity contribution is 7.91. The van der Waals surface area contributed by atoms with Gasteiger partial charge in [-0.1, -0.05) is 13.0 Å². The molecule has 2 aromatic rings. The second-order valence-electron chi connectivity index (χ2n) is 5.28. The molecule has 0 bridgehead atoms. The van der Waals surface area contributed by atoms with Crippen LogP contribution in [0.5, 0.6) is 5.75 Å². The summed E-state index contributed by atoms with van der Waals surface area (Å²) in [5.41, 5.74) is 0. The molecule has 2 rings (SSSR count). The third-order valence-electron chi connectivity index (χ3n) is 3.58. The highest BCUT2D eigenvalue weighted by Crippen LogP contribution is 2.32. The van der Waals surface area contributed by atoms with E-state index in [-0.39, 0.29) is 17.3 Å². The van der Waals surface area contributed by atoms with Crippen LogP contribution in [0.3, 0.4) is 0 Å². The Balaban J connectivity index is 2.29. The first-order valence-corrected chi connectivity index (χ1v) is 10.1. The van der Waals surface area contributed by atoms with Crippen molar-refractivity contribution in [2.45, 2.75) is 29.9 Å². The summed E-state index contributed by atoms with van der Waals surface area (Å²) in [4.78, 5) is 12.7. The molecule has 0 aliphatic heterocycles. The summed E-state index contributed by atoms with van der Waals surface area (Å²) in [6.45, 7) is 1.97. The third kappa shape index (κ3) is 4.36. The molecule has 7 heteroatoms. The van der Waals surface area contributed by atoms with Gasteiger partial charge in [0.15, 0.2) is 9.84 Å². The van der Waals surface area contributed by atoms with E-state index in [1.54, 1.807) is 18.2 Å². The number of carbonyl (C=O) groups is 1. The topological polar surface area (TPSA) is 72.5 Å². The molecule has 1 atom stereocenters. The van der Waals surface area contributed by atoms with Crippen LogP contribution < -0.4 is 10.1 Å². The summed E-state index contributed by atoms with van der Waals surface area (Å²) in [6, 6.07) is 9.89. The van der Waals surface area contributed by atoms with Crippen LogP contribution in [0, 0.1) is 0 Å². The van der Waals surface area contributed by atoms with Gasteiger partial charge in [0.25, 0.3) is 0 Å². The monoisotopic (exact) mass is 367 g/mol. The van der Waals surface area contributed by atoms with Crippen molar-refractivity contribution in [3.05, 3.63) is 46.7 Å². The van der Waals surface area contributed by atoms with E-state index in [2.05, 4.69) is 5.32 Å². The van der Waals surface area contributed by atoms with E-state index in [4.69, 9.17) is 4.74 Å². The predicted octanol–water partition coefficient (Wildman–Crippen LogP) is 3.19. The van der Waals surface area contributed by atoms with E-state index in [0.717, 1.165) is 6.42 Å². The highest BCUT2D eigenvalue weighted by atomic mass is 32.2. The van der Waals surface area contributed by atoms with Crippen LogP contribution in [0.25, 0.3) is 0 Å². The van der Waals surface area contributed by atoms with Crippen molar-refractivity contribution in [1.82, 2.24) is 5.32 Å². The number of hydrogen-bond acceptors (Lipinski definition) is 5. The number of rotatable bonds is 8. The molecule has 1 heterocycles. The lowest BCUT2D eigenvalue weighted by Gasteiger charge is -2.17. The van der Waals surface area contributed by atoms with E-state index in [9.17, 15) is 13.2 Å². The quantitative estimate of drug-likeness (QED) is 0.778. The standard InChI is InChI=1S/C17H21NO4S2/c1-3-5-17(19)18-12-16(15-6-4-11-23-15)24(20,21)14-9-7-13(22-2)8-10-14/h4,6-11,16H,3,5,12H2,1-2H3,(H,18,19). The van der Waals surface area contributed by atoms with Crippen LogP contribution in [0.2, 0.25) is 0 Å². The first kappa shape index (κ1) is 18.5. The van der Waals surface area contributed by atoms with Crippen molar-refractivity contribution < 1.29 is 17.9 Å². The van der Waals surface area contributed by atoms with Gasteiger partial charge in [0.2, 0.25) is 5.91 Å². The van der Waals surface area contributed by atoms with Crippen LogP contribution in [-0.4, -0.2) is 28.0 Å². The molecule has 0 saturated carbocycles. The molecule has 0 aliphatic rings. The Bertz CT molecular complexity index is 752. The first-order valence-electron chi connectivity index (χ1n) is 7.67. The van der Waals surface area contributed by atoms with E-state index >= 15 is 0 Å². The SMILES string of the molecule is CCCC(=O)NCC(c1cccs1)S(=O)(=O)c1ccc(OC)cc1. The summed E-state index contributed by atoms with van der Waals surface area (Å²) in [5, 5.41) is 3.77. The maximum Gasteiger partial charge on any atom is 0.220 e. The lowest BCUT2D eigenvalue weighted by molar-refractivity contribution is -0.121. The summed E-state index contributed by atoms with van der Waals surface area (Å²) >= 11 is 1.37. The average molecular weight is 367 g/mol. The Morgan fingerprint density at radius 2 is 1.96 bits per heavy atom. The number of hydrogen-bond donors (Lipinski definition) is 1. The summed E-state index contributed by atoms with van der Waals surface area (Å²) < 4.78 is 31.1. The number of nitrogens with one attached hydrogen (secondary N) is 1. The smallest absolute Gasteiger partial charge is 0.220 e. The number of amides is 1. The van der Waals surface area contributed by atoms with E-state index in [1.807, 2.05) is 18.4 Å². The van der Waals surface area contributed by atoms with Crippen molar-refractivity contribution in [1.29, 1.82) is 0 Å². The molecular formula is C17H21NO4S2. The van der Waals surface area contributed by atoms with Crippen LogP contribution >= 0.6 is 11.3 Å². The van der Waals surface area contributed by atoms with Crippen molar-refractivity contribution in [3.8, 4) is 5.75 Å². The molecule has 0 saturated heterocycles. The van der Waals surface area contributed by atoms with E-state index in [1.165, 1.54) is 30.6 Å². The molecular weight excluding hydrogens is 346 g/mol. The molecule has 0 aliphatic carbocycles. The van der Waals surface area contributed by atoms with Crippen LogP contribution in [-0.2, 0) is 14.6 Å². The van der Waals surface area contributed by atoms with Crippen molar-refractivity contribution in [2.24, 2.45) is 0 Å². The van der Waals surface area contributed by atoms with Gasteiger partial charge in [-0.15, -0.1) is 11.3 Å². The number of sulfone groups is 1. The molecule has 130 valence electrons. The van der Waals surface area contributed by atoms with Gasteiger partial charge in [0.1, 0.15) is 11.0 Å². The van der Waals surface area contributed by atoms with Gasteiger partial charge in [-0.3, -0.25) is 4.79 Å². The summed E-state index contributed by atoms with van der Waals surface area (Å²) in [5.74, 6) is 0.460. The lowest BCUT2D eigenvalue weighted by atomic mass is 10.3. The fourth-order valence-corrected chi connectivity index (χ4v) is 5.07. The molecule has 0 spiro atoms. The molecule has 1 N–H and O–H groups in total. The van der Waals surface area contributed by atoms with Gasteiger partial charge in [0.05, 0.1) is 12.0 Å². The highest BCUT2D eigenvalue weighted by Gasteiger charge is 2.30. The van der Waals surface area contributed by atoms with Crippen LogP contribution in [0.1, 0.15) is 29.9 Å². The molecule has 1 aromatic carbocycles. The van der Waals surface area contributed by atoms with Gasteiger partial charge < -0.3 is 10.1 Å². The molecule has 0 fully saturated rings. The molecule has 1 unspecified atom stereocenters. The minimum atomic E-state index is -3.62. The number of benzene rings is 1. The van der Waals surface area contributed by atoms with Crippen LogP contribution in [0.15, 0.2) is 46.7 Å². The number of ether oxygens (including phenoxy) is 1. The number of methoxy groups -OCH3 is 1. The van der Waals surface area contributed by atoms with E-state index < -0.39 is 15.1 Å². The Labute approximate surface area is 146 Å². The Hall–Kier alpha value is -1.86. The van der Waals surface area contributed by atoms with Gasteiger partial charge in [-0.25, -0.2) is 8.42 Å². The van der Waals surface area contributed by atoms with Gasteiger partial charge in [-0.05, 0) is 42.1 Å². The second kappa shape index (κ2) is 8.30. The minimum Gasteiger partial charge on any atom is -0.497 e. The number of thiophene rings is 1. The predicted molar refractivity (Wildman–Crippen MR) is 95.2 cm³/mol. The fourth-order valence-electron chi connectivity index (χ4n) is 2.29. The molecule has 0 radical (unpaired) electrons. The zero-order valence-corrected chi connectivity index (χ0v) is 15.3. The minimum absolute atomic E-state index is 0.0632. The number of carbonyl (C=O) groups excluding carboxylic acids is 1. The Kier molecular flexibility index (Phi) is 6.39. The maximum absolute atomic E-state index is 13.0. The van der Waals surface area contributed by atoms with Gasteiger partial charge >= 0.3 is 0 Å². The summed E-state index contributed by atoms with van der Waals surface area (Å²) in [6.07, 6.45) is 1.11. The van der Waals surface area contributed by atoms with Gasteiger partial charge in [-0.2, -0.15) is 0 Å². The Morgan fingerprint density at radius 1 is 1.25 bits per heavy atom.